The Hall–Kier alpha value is -0.830. The van der Waals surface area contributed by atoms with Gasteiger partial charge in [0.25, 0.3) is 0 Å². The molecule has 2 fully saturated rings. The Kier molecular flexibility index (Phi) is 2.59. The molecule has 3 heteroatoms. The summed E-state index contributed by atoms with van der Waals surface area (Å²) in [5, 5.41) is 0. The molecule has 0 aromatic carbocycles. The van der Waals surface area contributed by atoms with E-state index in [-0.39, 0.29) is 11.3 Å². The van der Waals surface area contributed by atoms with Crippen molar-refractivity contribution in [2.45, 2.75) is 26.8 Å². The summed E-state index contributed by atoms with van der Waals surface area (Å²) >= 11 is 0. The van der Waals surface area contributed by atoms with Crippen molar-refractivity contribution >= 4 is 5.91 Å². The lowest BCUT2D eigenvalue weighted by molar-refractivity contribution is -0.127. The normalized spacial score (nSPS) is 33.7. The highest BCUT2D eigenvalue weighted by Gasteiger charge is 2.50. The number of allylic oxidation sites excluding steroid dienone is 1. The Morgan fingerprint density at radius 3 is 2.87 bits per heavy atom. The summed E-state index contributed by atoms with van der Waals surface area (Å²) in [5.41, 5.74) is 0.193. The van der Waals surface area contributed by atoms with Gasteiger partial charge in [-0.25, -0.2) is 0 Å². The molecule has 15 heavy (non-hydrogen) atoms. The number of carbonyl (C=O) groups is 1. The van der Waals surface area contributed by atoms with E-state index in [4.69, 9.17) is 4.74 Å². The molecule has 3 nitrogen and oxygen atoms in total. The fourth-order valence-electron chi connectivity index (χ4n) is 2.75. The first-order chi connectivity index (χ1) is 7.06. The molecule has 0 spiro atoms. The maximum absolute atomic E-state index is 11.9. The molecule has 0 bridgehead atoms. The van der Waals surface area contributed by atoms with Crippen molar-refractivity contribution in [2.24, 2.45) is 11.3 Å². The first kappa shape index (κ1) is 10.7. The lowest BCUT2D eigenvalue weighted by Crippen LogP contribution is -2.37. The third-order valence-electron chi connectivity index (χ3n) is 3.62. The van der Waals surface area contributed by atoms with Gasteiger partial charge in [-0.05, 0) is 18.4 Å². The largest absolute Gasteiger partial charge is 0.379 e. The first-order valence-electron chi connectivity index (χ1n) is 5.57. The van der Waals surface area contributed by atoms with Crippen LogP contribution in [0.1, 0.15) is 20.8 Å². The van der Waals surface area contributed by atoms with Gasteiger partial charge in [-0.1, -0.05) is 19.9 Å². The Morgan fingerprint density at radius 1 is 1.47 bits per heavy atom. The number of hydrogen-bond acceptors (Lipinski definition) is 2. The van der Waals surface area contributed by atoms with Crippen molar-refractivity contribution in [2.75, 3.05) is 19.8 Å². The first-order valence-corrected chi connectivity index (χ1v) is 5.57. The van der Waals surface area contributed by atoms with E-state index in [1.807, 2.05) is 11.8 Å². The van der Waals surface area contributed by atoms with Crippen molar-refractivity contribution in [1.82, 2.24) is 4.90 Å². The minimum atomic E-state index is 0.128. The van der Waals surface area contributed by atoms with E-state index in [1.165, 1.54) is 0 Å². The summed E-state index contributed by atoms with van der Waals surface area (Å²) in [6, 6.07) is 0.295. The number of likely N-dealkylation sites (tertiary alicyclic amines) is 1. The van der Waals surface area contributed by atoms with Crippen LogP contribution in [0.5, 0.6) is 0 Å². The second-order valence-corrected chi connectivity index (χ2v) is 5.17. The fraction of sp³-hybridized carbons (Fsp3) is 0.750. The highest BCUT2D eigenvalue weighted by Crippen LogP contribution is 2.43. The molecule has 2 rings (SSSR count). The predicted octanol–water partition coefficient (Wildman–Crippen LogP) is 1.45. The molecule has 2 heterocycles. The van der Waals surface area contributed by atoms with E-state index in [1.54, 1.807) is 12.2 Å². The number of nitrogens with zero attached hydrogens (tertiary/aromatic N) is 1. The smallest absolute Gasteiger partial charge is 0.246 e. The lowest BCUT2D eigenvalue weighted by atomic mass is 9.80. The van der Waals surface area contributed by atoms with Gasteiger partial charge in [-0.2, -0.15) is 0 Å². The van der Waals surface area contributed by atoms with Crippen molar-refractivity contribution < 1.29 is 9.53 Å². The van der Waals surface area contributed by atoms with Crippen LogP contribution < -0.4 is 0 Å². The average Bonchev–Trinajstić information content (AvgIpc) is 2.70. The highest BCUT2D eigenvalue weighted by molar-refractivity contribution is 5.88. The van der Waals surface area contributed by atoms with Gasteiger partial charge in [0.15, 0.2) is 0 Å². The van der Waals surface area contributed by atoms with Crippen LogP contribution in [0.25, 0.3) is 0 Å². The Bertz CT molecular complexity index is 296. The molecule has 0 saturated carbocycles. The van der Waals surface area contributed by atoms with Gasteiger partial charge in [-0.15, -0.1) is 0 Å². The second kappa shape index (κ2) is 3.63. The third kappa shape index (κ3) is 1.69. The van der Waals surface area contributed by atoms with Crippen molar-refractivity contribution in [1.29, 1.82) is 0 Å². The van der Waals surface area contributed by atoms with Crippen LogP contribution in [0, 0.1) is 11.3 Å². The van der Waals surface area contributed by atoms with Gasteiger partial charge in [-0.3, -0.25) is 4.79 Å². The average molecular weight is 209 g/mol. The van der Waals surface area contributed by atoms with Crippen LogP contribution in [-0.2, 0) is 9.53 Å². The molecule has 2 aliphatic heterocycles. The van der Waals surface area contributed by atoms with Crippen LogP contribution >= 0.6 is 0 Å². The maximum atomic E-state index is 11.9. The van der Waals surface area contributed by atoms with Crippen molar-refractivity contribution in [3.63, 3.8) is 0 Å². The maximum Gasteiger partial charge on any atom is 0.246 e. The molecule has 0 aromatic rings. The molecule has 2 aliphatic rings. The van der Waals surface area contributed by atoms with Gasteiger partial charge in [0.1, 0.15) is 0 Å². The molecule has 84 valence electrons. The molecule has 2 atom stereocenters. The summed E-state index contributed by atoms with van der Waals surface area (Å²) in [4.78, 5) is 13.8. The van der Waals surface area contributed by atoms with Crippen LogP contribution in [0.4, 0.5) is 0 Å². The molecule has 0 N–H and O–H groups in total. The Balaban J connectivity index is 2.18. The Labute approximate surface area is 91.1 Å². The zero-order valence-corrected chi connectivity index (χ0v) is 9.69. The van der Waals surface area contributed by atoms with E-state index < -0.39 is 0 Å². The molecular formula is C12H19NO2. The molecule has 2 unspecified atom stereocenters. The molecular weight excluding hydrogens is 190 g/mol. The monoisotopic (exact) mass is 209 g/mol. The number of fused-ring (bicyclic) bond motifs is 1. The number of hydrogen-bond donors (Lipinski definition) is 0. The summed E-state index contributed by atoms with van der Waals surface area (Å²) in [6.07, 6.45) is 3.45. The minimum Gasteiger partial charge on any atom is -0.379 e. The van der Waals surface area contributed by atoms with E-state index in [0.717, 1.165) is 13.2 Å². The zero-order chi connectivity index (χ0) is 11.1. The highest BCUT2D eigenvalue weighted by atomic mass is 16.5. The third-order valence-corrected chi connectivity index (χ3v) is 3.62. The molecule has 0 aromatic heterocycles. The summed E-state index contributed by atoms with van der Waals surface area (Å²) in [5.74, 6) is 0.635. The van der Waals surface area contributed by atoms with Crippen LogP contribution in [0.15, 0.2) is 12.2 Å². The lowest BCUT2D eigenvalue weighted by Gasteiger charge is -2.23. The van der Waals surface area contributed by atoms with Gasteiger partial charge in [0.05, 0.1) is 19.3 Å². The number of carbonyl (C=O) groups excluding carboxylic acids is 1. The van der Waals surface area contributed by atoms with Crippen molar-refractivity contribution in [3.8, 4) is 0 Å². The standard InChI is InChI=1S/C12H19NO2/c1-4-5-11(14)13-8-12(2,3)9-6-15-7-10(9)13/h4-5,9-10H,6-8H2,1-3H3/b5-4+. The summed E-state index contributed by atoms with van der Waals surface area (Å²) < 4.78 is 5.49. The van der Waals surface area contributed by atoms with Crippen LogP contribution in [0.2, 0.25) is 0 Å². The SMILES string of the molecule is C/C=C/C(=O)N1CC(C)(C)C2COCC21. The van der Waals surface area contributed by atoms with Gasteiger partial charge in [0, 0.05) is 12.5 Å². The van der Waals surface area contributed by atoms with Gasteiger partial charge >= 0.3 is 0 Å². The predicted molar refractivity (Wildman–Crippen MR) is 58.4 cm³/mol. The Morgan fingerprint density at radius 2 is 2.20 bits per heavy atom. The van der Waals surface area contributed by atoms with E-state index in [9.17, 15) is 4.79 Å². The van der Waals surface area contributed by atoms with Crippen LogP contribution in [0.3, 0.4) is 0 Å². The number of ether oxygens (including phenoxy) is 1. The van der Waals surface area contributed by atoms with Gasteiger partial charge < -0.3 is 9.64 Å². The van der Waals surface area contributed by atoms with E-state index >= 15 is 0 Å². The quantitative estimate of drug-likeness (QED) is 0.612. The van der Waals surface area contributed by atoms with Crippen molar-refractivity contribution in [3.05, 3.63) is 12.2 Å². The minimum absolute atomic E-state index is 0.128. The summed E-state index contributed by atoms with van der Waals surface area (Å²) in [7, 11) is 0. The van der Waals surface area contributed by atoms with E-state index in [0.29, 0.717) is 18.6 Å². The molecule has 0 aliphatic carbocycles. The molecule has 1 amide bonds. The zero-order valence-electron chi connectivity index (χ0n) is 9.69. The second-order valence-electron chi connectivity index (χ2n) is 5.17. The molecule has 0 radical (unpaired) electrons. The van der Waals surface area contributed by atoms with Crippen LogP contribution in [-0.4, -0.2) is 36.6 Å². The number of amides is 1. The van der Waals surface area contributed by atoms with E-state index in [2.05, 4.69) is 13.8 Å². The molecule has 2 saturated heterocycles. The topological polar surface area (TPSA) is 29.5 Å². The fourth-order valence-corrected chi connectivity index (χ4v) is 2.75. The summed E-state index contributed by atoms with van der Waals surface area (Å²) in [6.45, 7) is 8.69. The van der Waals surface area contributed by atoms with Gasteiger partial charge in [0.2, 0.25) is 5.91 Å². The number of rotatable bonds is 1.